The summed E-state index contributed by atoms with van der Waals surface area (Å²) in [5.41, 5.74) is 0.321. The largest absolute Gasteiger partial charge is 0.379 e. The molecule has 1 atom stereocenters. The molecule has 2 heteroatoms. The summed E-state index contributed by atoms with van der Waals surface area (Å²) in [6.07, 6.45) is 1.05. The lowest BCUT2D eigenvalue weighted by molar-refractivity contribution is 0.0147. The summed E-state index contributed by atoms with van der Waals surface area (Å²) in [5, 5.41) is 3.53. The van der Waals surface area contributed by atoms with Crippen molar-refractivity contribution >= 4 is 0 Å². The van der Waals surface area contributed by atoms with Gasteiger partial charge in [-0.15, -0.1) is 0 Å². The number of hydrogen-bond acceptors (Lipinski definition) is 2. The molecule has 2 nitrogen and oxygen atoms in total. The van der Waals surface area contributed by atoms with Crippen molar-refractivity contribution in [1.82, 2.24) is 5.32 Å². The van der Waals surface area contributed by atoms with Crippen molar-refractivity contribution in [3.8, 4) is 0 Å². The van der Waals surface area contributed by atoms with Crippen molar-refractivity contribution in [3.05, 3.63) is 0 Å². The monoisotopic (exact) mass is 201 g/mol. The van der Waals surface area contributed by atoms with Gasteiger partial charge in [0.1, 0.15) is 0 Å². The Morgan fingerprint density at radius 2 is 1.64 bits per heavy atom. The molecular weight excluding hydrogens is 174 g/mol. The lowest BCUT2D eigenvalue weighted by Crippen LogP contribution is -2.40. The summed E-state index contributed by atoms with van der Waals surface area (Å²) in [5.74, 6) is 0. The molecule has 0 aliphatic heterocycles. The van der Waals surface area contributed by atoms with Crippen LogP contribution in [-0.2, 0) is 4.74 Å². The number of hydrogen-bond donors (Lipinski definition) is 1. The maximum absolute atomic E-state index is 5.37. The summed E-state index contributed by atoms with van der Waals surface area (Å²) in [7, 11) is 1.77. The third kappa shape index (κ3) is 5.61. The van der Waals surface area contributed by atoms with Gasteiger partial charge in [0.15, 0.2) is 0 Å². The van der Waals surface area contributed by atoms with Crippen LogP contribution in [0.15, 0.2) is 0 Å². The van der Waals surface area contributed by atoms with Crippen molar-refractivity contribution in [2.75, 3.05) is 13.7 Å². The van der Waals surface area contributed by atoms with E-state index in [0.717, 1.165) is 13.0 Å². The molecule has 0 bridgehead atoms. The highest BCUT2D eigenvalue weighted by Gasteiger charge is 2.21. The zero-order valence-electron chi connectivity index (χ0n) is 10.9. The first-order valence-electron chi connectivity index (χ1n) is 5.47. The maximum atomic E-state index is 5.37. The topological polar surface area (TPSA) is 21.3 Å². The fraction of sp³-hybridized carbons (Fsp3) is 1.00. The Morgan fingerprint density at radius 3 is 2.00 bits per heavy atom. The molecule has 86 valence electrons. The second-order valence-electron chi connectivity index (χ2n) is 5.76. The summed E-state index contributed by atoms with van der Waals surface area (Å²) in [6.45, 7) is 14.3. The van der Waals surface area contributed by atoms with Gasteiger partial charge in [-0.05, 0) is 39.2 Å². The Hall–Kier alpha value is -0.0800. The third-order valence-electron chi connectivity index (χ3n) is 3.03. The van der Waals surface area contributed by atoms with Crippen LogP contribution in [0.2, 0.25) is 0 Å². The first kappa shape index (κ1) is 13.9. The van der Waals surface area contributed by atoms with Crippen molar-refractivity contribution in [2.24, 2.45) is 5.41 Å². The molecule has 14 heavy (non-hydrogen) atoms. The van der Waals surface area contributed by atoms with Crippen LogP contribution in [0.1, 0.15) is 48.0 Å². The fourth-order valence-electron chi connectivity index (χ4n) is 0.998. The van der Waals surface area contributed by atoms with Crippen molar-refractivity contribution in [1.29, 1.82) is 0 Å². The average molecular weight is 201 g/mol. The summed E-state index contributed by atoms with van der Waals surface area (Å²) in [4.78, 5) is 0. The minimum absolute atomic E-state index is 0.00932. The highest BCUT2D eigenvalue weighted by molar-refractivity contribution is 4.77. The first-order valence-corrected chi connectivity index (χ1v) is 5.47. The minimum Gasteiger partial charge on any atom is -0.379 e. The molecule has 0 aromatic heterocycles. The Balaban J connectivity index is 3.75. The number of methoxy groups -OCH3 is 1. The van der Waals surface area contributed by atoms with Gasteiger partial charge in [-0.3, -0.25) is 0 Å². The van der Waals surface area contributed by atoms with Gasteiger partial charge in [-0.1, -0.05) is 20.8 Å². The first-order chi connectivity index (χ1) is 6.19. The Bertz CT molecular complexity index is 158. The predicted molar refractivity (Wildman–Crippen MR) is 62.6 cm³/mol. The van der Waals surface area contributed by atoms with E-state index >= 15 is 0 Å². The molecule has 0 radical (unpaired) electrons. The molecule has 0 amide bonds. The lowest BCUT2D eigenvalue weighted by Gasteiger charge is -2.30. The van der Waals surface area contributed by atoms with Crippen LogP contribution in [0, 0.1) is 5.41 Å². The van der Waals surface area contributed by atoms with Gasteiger partial charge in [0, 0.05) is 13.2 Å². The van der Waals surface area contributed by atoms with E-state index in [9.17, 15) is 0 Å². The molecule has 0 aliphatic rings. The van der Waals surface area contributed by atoms with Crippen LogP contribution in [0.4, 0.5) is 0 Å². The summed E-state index contributed by atoms with van der Waals surface area (Å²) >= 11 is 0. The maximum Gasteiger partial charge on any atom is 0.0634 e. The van der Waals surface area contributed by atoms with Crippen LogP contribution >= 0.6 is 0 Å². The van der Waals surface area contributed by atoms with E-state index in [1.54, 1.807) is 7.11 Å². The van der Waals surface area contributed by atoms with E-state index < -0.39 is 0 Å². The predicted octanol–water partition coefficient (Wildman–Crippen LogP) is 2.83. The van der Waals surface area contributed by atoms with Gasteiger partial charge in [0.05, 0.1) is 5.60 Å². The van der Waals surface area contributed by atoms with E-state index in [0.29, 0.717) is 11.5 Å². The molecule has 0 rings (SSSR count). The highest BCUT2D eigenvalue weighted by Crippen LogP contribution is 2.19. The summed E-state index contributed by atoms with van der Waals surface area (Å²) in [6, 6.07) is 0.537. The second-order valence-corrected chi connectivity index (χ2v) is 5.76. The number of ether oxygens (including phenoxy) is 1. The fourth-order valence-corrected chi connectivity index (χ4v) is 0.998. The summed E-state index contributed by atoms with van der Waals surface area (Å²) < 4.78 is 5.37. The molecule has 0 aromatic carbocycles. The van der Waals surface area contributed by atoms with Crippen LogP contribution in [-0.4, -0.2) is 25.3 Å². The van der Waals surface area contributed by atoms with Crippen LogP contribution in [0.25, 0.3) is 0 Å². The number of nitrogens with one attached hydrogen (secondary N) is 1. The molecular formula is C12H27NO. The molecule has 1 unspecified atom stereocenters. The third-order valence-corrected chi connectivity index (χ3v) is 3.03. The molecule has 0 saturated heterocycles. The van der Waals surface area contributed by atoms with E-state index in [1.807, 2.05) is 0 Å². The standard InChI is InChI=1S/C12H27NO/c1-10(11(2,3)4)13-9-8-12(5,6)14-7/h10,13H,8-9H2,1-7H3. The van der Waals surface area contributed by atoms with Gasteiger partial charge >= 0.3 is 0 Å². The quantitative estimate of drug-likeness (QED) is 0.738. The SMILES string of the molecule is COC(C)(C)CCNC(C)C(C)(C)C. The van der Waals surface area contributed by atoms with Crippen LogP contribution in [0.3, 0.4) is 0 Å². The molecule has 0 fully saturated rings. The van der Waals surface area contributed by atoms with Gasteiger partial charge in [-0.2, -0.15) is 0 Å². The van der Waals surface area contributed by atoms with Gasteiger partial charge in [-0.25, -0.2) is 0 Å². The molecule has 0 spiro atoms. The molecule has 0 aliphatic carbocycles. The molecule has 1 N–H and O–H groups in total. The Labute approximate surface area is 89.4 Å². The Morgan fingerprint density at radius 1 is 1.14 bits per heavy atom. The van der Waals surface area contributed by atoms with Gasteiger partial charge in [0.2, 0.25) is 0 Å². The van der Waals surface area contributed by atoms with Gasteiger partial charge < -0.3 is 10.1 Å². The van der Waals surface area contributed by atoms with Crippen LogP contribution < -0.4 is 5.32 Å². The van der Waals surface area contributed by atoms with E-state index in [-0.39, 0.29) is 5.60 Å². The van der Waals surface area contributed by atoms with Gasteiger partial charge in [0.25, 0.3) is 0 Å². The zero-order valence-corrected chi connectivity index (χ0v) is 10.9. The zero-order chi connectivity index (χ0) is 11.4. The van der Waals surface area contributed by atoms with E-state index in [4.69, 9.17) is 4.74 Å². The average Bonchev–Trinajstić information content (AvgIpc) is 2.02. The minimum atomic E-state index is -0.00932. The van der Waals surface area contributed by atoms with E-state index in [1.165, 1.54) is 0 Å². The molecule has 0 aromatic rings. The number of rotatable bonds is 5. The Kier molecular flexibility index (Phi) is 5.10. The molecule has 0 saturated carbocycles. The second kappa shape index (κ2) is 5.13. The molecule has 0 heterocycles. The van der Waals surface area contributed by atoms with Crippen molar-refractivity contribution < 1.29 is 4.74 Å². The van der Waals surface area contributed by atoms with Crippen molar-refractivity contribution in [3.63, 3.8) is 0 Å². The normalized spacial score (nSPS) is 15.6. The van der Waals surface area contributed by atoms with E-state index in [2.05, 4.69) is 46.9 Å². The van der Waals surface area contributed by atoms with Crippen LogP contribution in [0.5, 0.6) is 0 Å². The lowest BCUT2D eigenvalue weighted by atomic mass is 9.88. The smallest absolute Gasteiger partial charge is 0.0634 e. The van der Waals surface area contributed by atoms with Crippen molar-refractivity contribution in [2.45, 2.75) is 59.6 Å². The highest BCUT2D eigenvalue weighted by atomic mass is 16.5.